The highest BCUT2D eigenvalue weighted by atomic mass is 35.5. The molecule has 19 heavy (non-hydrogen) atoms. The van der Waals surface area contributed by atoms with Gasteiger partial charge in [0, 0.05) is 17.1 Å². The summed E-state index contributed by atoms with van der Waals surface area (Å²) in [5, 5.41) is 11.7. The lowest BCUT2D eigenvalue weighted by Crippen LogP contribution is -2.32. The van der Waals surface area contributed by atoms with E-state index >= 15 is 0 Å². The molecule has 0 aromatic heterocycles. The van der Waals surface area contributed by atoms with E-state index in [1.54, 1.807) is 18.2 Å². The van der Waals surface area contributed by atoms with Crippen LogP contribution in [0, 0.1) is 5.92 Å². The summed E-state index contributed by atoms with van der Waals surface area (Å²) in [6.45, 7) is 1.61. The van der Waals surface area contributed by atoms with Crippen LogP contribution in [0.2, 0.25) is 5.02 Å². The van der Waals surface area contributed by atoms with Crippen LogP contribution in [0.15, 0.2) is 18.2 Å². The molecular formula is C13H16ClNO4. The highest BCUT2D eigenvalue weighted by Crippen LogP contribution is 2.26. The summed E-state index contributed by atoms with van der Waals surface area (Å²) in [6, 6.07) is 5.12. The third kappa shape index (κ3) is 4.44. The number of aliphatic carboxylic acids is 1. The van der Waals surface area contributed by atoms with Crippen LogP contribution in [-0.4, -0.2) is 30.6 Å². The Bertz CT molecular complexity index is 476. The second-order valence-electron chi connectivity index (χ2n) is 4.14. The number of carboxylic acids is 1. The predicted molar refractivity (Wildman–Crippen MR) is 71.5 cm³/mol. The number of amides is 1. The first-order valence-electron chi connectivity index (χ1n) is 5.76. The molecule has 0 bridgehead atoms. The van der Waals surface area contributed by atoms with E-state index in [-0.39, 0.29) is 18.9 Å². The minimum atomic E-state index is -0.948. The van der Waals surface area contributed by atoms with Crippen molar-refractivity contribution in [3.05, 3.63) is 28.8 Å². The molecule has 1 rings (SSSR count). The summed E-state index contributed by atoms with van der Waals surface area (Å²) in [6.07, 6.45) is 0.0508. The van der Waals surface area contributed by atoms with Crippen molar-refractivity contribution in [3.63, 3.8) is 0 Å². The van der Waals surface area contributed by atoms with E-state index in [2.05, 4.69) is 5.32 Å². The Hall–Kier alpha value is -1.75. The summed E-state index contributed by atoms with van der Waals surface area (Å²) in [5.41, 5.74) is 0.590. The maximum absolute atomic E-state index is 11.7. The number of methoxy groups -OCH3 is 1. The molecule has 6 heteroatoms. The van der Waals surface area contributed by atoms with Crippen LogP contribution < -0.4 is 10.1 Å². The average molecular weight is 286 g/mol. The lowest BCUT2D eigenvalue weighted by Gasteiger charge is -2.11. The van der Waals surface area contributed by atoms with E-state index < -0.39 is 11.9 Å². The first-order chi connectivity index (χ1) is 8.95. The summed E-state index contributed by atoms with van der Waals surface area (Å²) in [5.74, 6) is -1.33. The number of benzene rings is 1. The van der Waals surface area contributed by atoms with Crippen LogP contribution in [0.25, 0.3) is 0 Å². The highest BCUT2D eigenvalue weighted by Gasteiger charge is 2.15. The zero-order chi connectivity index (χ0) is 14.4. The number of carboxylic acid groups (broad SMARTS) is 1. The van der Waals surface area contributed by atoms with Crippen molar-refractivity contribution < 1.29 is 19.4 Å². The minimum absolute atomic E-state index is 0.0508. The number of nitrogens with one attached hydrogen (secondary N) is 1. The number of halogens is 1. The normalized spacial score (nSPS) is 11.7. The maximum Gasteiger partial charge on any atom is 0.308 e. The molecule has 1 unspecified atom stereocenters. The Kier molecular flexibility index (Phi) is 5.63. The zero-order valence-electron chi connectivity index (χ0n) is 10.8. The van der Waals surface area contributed by atoms with Crippen LogP contribution in [0.5, 0.6) is 5.75 Å². The molecule has 2 N–H and O–H groups in total. The Labute approximate surface area is 116 Å². The van der Waals surface area contributed by atoms with Gasteiger partial charge in [-0.2, -0.15) is 0 Å². The lowest BCUT2D eigenvalue weighted by molar-refractivity contribution is -0.141. The minimum Gasteiger partial charge on any atom is -0.496 e. The Morgan fingerprint density at radius 2 is 2.16 bits per heavy atom. The highest BCUT2D eigenvalue weighted by molar-refractivity contribution is 6.31. The summed E-state index contributed by atoms with van der Waals surface area (Å²) in [7, 11) is 1.50. The van der Waals surface area contributed by atoms with E-state index in [1.165, 1.54) is 14.0 Å². The topological polar surface area (TPSA) is 75.6 Å². The largest absolute Gasteiger partial charge is 0.496 e. The van der Waals surface area contributed by atoms with Gasteiger partial charge in [0.25, 0.3) is 0 Å². The molecule has 0 aliphatic heterocycles. The average Bonchev–Trinajstić information content (AvgIpc) is 2.38. The van der Waals surface area contributed by atoms with Gasteiger partial charge in [0.15, 0.2) is 0 Å². The molecule has 0 radical (unpaired) electrons. The van der Waals surface area contributed by atoms with E-state index in [9.17, 15) is 9.59 Å². The molecule has 0 saturated carbocycles. The molecular weight excluding hydrogens is 270 g/mol. The fourth-order valence-electron chi connectivity index (χ4n) is 1.48. The number of ether oxygens (including phenoxy) is 1. The molecule has 0 spiro atoms. The van der Waals surface area contributed by atoms with Gasteiger partial charge < -0.3 is 15.2 Å². The van der Waals surface area contributed by atoms with Gasteiger partial charge in [0.05, 0.1) is 19.4 Å². The van der Waals surface area contributed by atoms with Gasteiger partial charge in [0.2, 0.25) is 5.91 Å². The van der Waals surface area contributed by atoms with Crippen LogP contribution in [0.1, 0.15) is 12.5 Å². The molecule has 1 amide bonds. The summed E-state index contributed by atoms with van der Waals surface area (Å²) >= 11 is 6.01. The Morgan fingerprint density at radius 1 is 1.47 bits per heavy atom. The van der Waals surface area contributed by atoms with E-state index in [1.807, 2.05) is 0 Å². The molecule has 0 aliphatic rings. The monoisotopic (exact) mass is 285 g/mol. The first kappa shape index (κ1) is 15.3. The van der Waals surface area contributed by atoms with Gasteiger partial charge in [-0.15, -0.1) is 0 Å². The molecule has 1 aromatic carbocycles. The van der Waals surface area contributed by atoms with E-state index in [0.717, 1.165) is 0 Å². The fourth-order valence-corrected chi connectivity index (χ4v) is 1.71. The van der Waals surface area contributed by atoms with Crippen LogP contribution in [0.4, 0.5) is 0 Å². The molecule has 104 valence electrons. The smallest absolute Gasteiger partial charge is 0.308 e. The maximum atomic E-state index is 11.7. The summed E-state index contributed by atoms with van der Waals surface area (Å²) < 4.78 is 5.13. The number of carbonyl (C=O) groups is 2. The number of hydrogen-bond acceptors (Lipinski definition) is 3. The molecule has 5 nitrogen and oxygen atoms in total. The van der Waals surface area contributed by atoms with Crippen LogP contribution >= 0.6 is 11.6 Å². The number of carbonyl (C=O) groups excluding carboxylic acids is 1. The fraction of sp³-hybridized carbons (Fsp3) is 0.385. The van der Waals surface area contributed by atoms with Crippen LogP contribution in [0.3, 0.4) is 0 Å². The molecule has 1 aromatic rings. The molecule has 0 saturated heterocycles. The molecule has 0 aliphatic carbocycles. The standard InChI is InChI=1S/C13H16ClNO4/c1-8(13(17)18)7-15-12(16)6-9-10(14)4-3-5-11(9)19-2/h3-5,8H,6-7H2,1-2H3,(H,15,16)(H,17,18). The predicted octanol–water partition coefficient (Wildman–Crippen LogP) is 1.73. The van der Waals surface area contributed by atoms with Gasteiger partial charge in [-0.25, -0.2) is 0 Å². The third-order valence-electron chi connectivity index (χ3n) is 2.66. The van der Waals surface area contributed by atoms with Crippen molar-refractivity contribution in [1.29, 1.82) is 0 Å². The van der Waals surface area contributed by atoms with Gasteiger partial charge in [0.1, 0.15) is 5.75 Å². The lowest BCUT2D eigenvalue weighted by atomic mass is 10.1. The van der Waals surface area contributed by atoms with Crippen molar-refractivity contribution in [1.82, 2.24) is 5.32 Å². The van der Waals surface area contributed by atoms with E-state index in [4.69, 9.17) is 21.4 Å². The zero-order valence-corrected chi connectivity index (χ0v) is 11.5. The quantitative estimate of drug-likeness (QED) is 0.834. The number of hydrogen-bond donors (Lipinski definition) is 2. The first-order valence-corrected chi connectivity index (χ1v) is 6.14. The van der Waals surface area contributed by atoms with Crippen molar-refractivity contribution in [2.24, 2.45) is 5.92 Å². The Balaban J connectivity index is 2.65. The van der Waals surface area contributed by atoms with Gasteiger partial charge in [-0.05, 0) is 12.1 Å². The van der Waals surface area contributed by atoms with Crippen molar-refractivity contribution >= 4 is 23.5 Å². The molecule has 0 heterocycles. The van der Waals surface area contributed by atoms with Crippen molar-refractivity contribution in [2.45, 2.75) is 13.3 Å². The molecule has 0 fully saturated rings. The second-order valence-corrected chi connectivity index (χ2v) is 4.55. The van der Waals surface area contributed by atoms with Gasteiger partial charge in [-0.1, -0.05) is 24.6 Å². The van der Waals surface area contributed by atoms with Gasteiger partial charge >= 0.3 is 5.97 Å². The third-order valence-corrected chi connectivity index (χ3v) is 3.01. The SMILES string of the molecule is COc1cccc(Cl)c1CC(=O)NCC(C)C(=O)O. The van der Waals surface area contributed by atoms with Crippen molar-refractivity contribution in [2.75, 3.05) is 13.7 Å². The second kappa shape index (κ2) is 6.99. The molecule has 1 atom stereocenters. The van der Waals surface area contributed by atoms with E-state index in [0.29, 0.717) is 16.3 Å². The Morgan fingerprint density at radius 3 is 2.74 bits per heavy atom. The van der Waals surface area contributed by atoms with Crippen LogP contribution in [-0.2, 0) is 16.0 Å². The summed E-state index contributed by atoms with van der Waals surface area (Å²) in [4.78, 5) is 22.4. The van der Waals surface area contributed by atoms with Gasteiger partial charge in [-0.3, -0.25) is 9.59 Å². The van der Waals surface area contributed by atoms with Crippen molar-refractivity contribution in [3.8, 4) is 5.75 Å². The number of rotatable bonds is 6.